The van der Waals surface area contributed by atoms with Crippen LogP contribution in [0.25, 0.3) is 0 Å². The molecule has 0 aliphatic carbocycles. The summed E-state index contributed by atoms with van der Waals surface area (Å²) in [6.07, 6.45) is 6.90. The fourth-order valence-electron chi connectivity index (χ4n) is 1.01. The summed E-state index contributed by atoms with van der Waals surface area (Å²) < 4.78 is 5.03. The summed E-state index contributed by atoms with van der Waals surface area (Å²) in [6.45, 7) is 0. The van der Waals surface area contributed by atoms with E-state index in [0.717, 1.165) is 18.6 Å². The maximum atomic E-state index is 5.16. The van der Waals surface area contributed by atoms with Crippen LogP contribution in [0.3, 0.4) is 0 Å². The maximum Gasteiger partial charge on any atom is 0.118 e. The van der Waals surface area contributed by atoms with Gasteiger partial charge in [-0.2, -0.15) is 0 Å². The second-order valence-corrected chi connectivity index (χ2v) is 2.55. The van der Waals surface area contributed by atoms with E-state index in [1.807, 2.05) is 24.3 Å². The van der Waals surface area contributed by atoms with E-state index in [1.165, 1.54) is 5.56 Å². The van der Waals surface area contributed by atoms with E-state index in [4.69, 9.17) is 11.2 Å². The lowest BCUT2D eigenvalue weighted by Gasteiger charge is -2.00. The molecule has 12 heavy (non-hydrogen) atoms. The summed E-state index contributed by atoms with van der Waals surface area (Å²) in [6, 6.07) is 7.98. The van der Waals surface area contributed by atoms with Gasteiger partial charge in [0.15, 0.2) is 0 Å². The Morgan fingerprint density at radius 1 is 1.33 bits per heavy atom. The van der Waals surface area contributed by atoms with Crippen molar-refractivity contribution in [1.29, 1.82) is 0 Å². The third kappa shape index (κ3) is 2.32. The van der Waals surface area contributed by atoms with Gasteiger partial charge in [-0.1, -0.05) is 12.1 Å². The van der Waals surface area contributed by atoms with E-state index in [0.29, 0.717) is 0 Å². The molecule has 0 aromatic heterocycles. The minimum absolute atomic E-state index is 0.798. The summed E-state index contributed by atoms with van der Waals surface area (Å²) in [5.41, 5.74) is 1.26. The third-order valence-electron chi connectivity index (χ3n) is 1.72. The molecule has 1 aromatic carbocycles. The largest absolute Gasteiger partial charge is 0.497 e. The smallest absolute Gasteiger partial charge is 0.118 e. The van der Waals surface area contributed by atoms with Crippen LogP contribution < -0.4 is 4.74 Å². The van der Waals surface area contributed by atoms with Gasteiger partial charge < -0.3 is 4.74 Å². The lowest BCUT2D eigenvalue weighted by molar-refractivity contribution is 0.414. The zero-order chi connectivity index (χ0) is 8.81. The highest BCUT2D eigenvalue weighted by Crippen LogP contribution is 2.12. The third-order valence-corrected chi connectivity index (χ3v) is 1.72. The van der Waals surface area contributed by atoms with Gasteiger partial charge in [0.2, 0.25) is 0 Å². The number of benzene rings is 1. The SMILES string of the molecule is C#CCCc1ccc(OC)cc1. The number of ether oxygens (including phenoxy) is 1. The number of terminal acetylenes is 1. The van der Waals surface area contributed by atoms with Crippen LogP contribution in [0.1, 0.15) is 12.0 Å². The van der Waals surface area contributed by atoms with Crippen molar-refractivity contribution in [3.05, 3.63) is 29.8 Å². The molecule has 0 heterocycles. The zero-order valence-corrected chi connectivity index (χ0v) is 7.21. The summed E-state index contributed by atoms with van der Waals surface area (Å²) in [4.78, 5) is 0. The highest BCUT2D eigenvalue weighted by molar-refractivity contribution is 5.27. The number of hydrogen-bond donors (Lipinski definition) is 0. The van der Waals surface area contributed by atoms with Crippen LogP contribution in [-0.4, -0.2) is 7.11 Å². The number of aryl methyl sites for hydroxylation is 1. The Morgan fingerprint density at radius 2 is 2.00 bits per heavy atom. The van der Waals surface area contributed by atoms with Crippen LogP contribution in [-0.2, 0) is 6.42 Å². The van der Waals surface area contributed by atoms with E-state index in [9.17, 15) is 0 Å². The predicted octanol–water partition coefficient (Wildman–Crippen LogP) is 2.26. The second kappa shape index (κ2) is 4.46. The van der Waals surface area contributed by atoms with E-state index in [-0.39, 0.29) is 0 Å². The summed E-state index contributed by atoms with van der Waals surface area (Å²) in [5, 5.41) is 0. The first-order valence-electron chi connectivity index (χ1n) is 3.93. The van der Waals surface area contributed by atoms with Gasteiger partial charge in [0.1, 0.15) is 5.75 Å². The molecular formula is C11H12O. The molecule has 1 nitrogen and oxygen atoms in total. The Morgan fingerprint density at radius 3 is 2.50 bits per heavy atom. The first kappa shape index (κ1) is 8.67. The van der Waals surface area contributed by atoms with E-state index >= 15 is 0 Å². The average Bonchev–Trinajstić information content (AvgIpc) is 2.15. The fourth-order valence-corrected chi connectivity index (χ4v) is 1.01. The molecule has 0 unspecified atom stereocenters. The van der Waals surface area contributed by atoms with Crippen molar-refractivity contribution < 1.29 is 4.74 Å². The van der Waals surface area contributed by atoms with Crippen molar-refractivity contribution >= 4 is 0 Å². The minimum Gasteiger partial charge on any atom is -0.497 e. The van der Waals surface area contributed by atoms with Crippen LogP contribution in [0.2, 0.25) is 0 Å². The van der Waals surface area contributed by atoms with Crippen molar-refractivity contribution in [3.8, 4) is 18.1 Å². The van der Waals surface area contributed by atoms with Crippen LogP contribution in [0.5, 0.6) is 5.75 Å². The Bertz CT molecular complexity index is 266. The molecule has 0 saturated heterocycles. The highest BCUT2D eigenvalue weighted by Gasteiger charge is 1.92. The fraction of sp³-hybridized carbons (Fsp3) is 0.273. The monoisotopic (exact) mass is 160 g/mol. The summed E-state index contributed by atoms with van der Waals surface area (Å²) in [7, 11) is 1.66. The Hall–Kier alpha value is -1.42. The van der Waals surface area contributed by atoms with Gasteiger partial charge in [0.05, 0.1) is 7.11 Å². The van der Waals surface area contributed by atoms with Crippen LogP contribution in [0.4, 0.5) is 0 Å². The Labute approximate surface area is 73.4 Å². The normalized spacial score (nSPS) is 9.00. The molecule has 0 fully saturated rings. The lowest BCUT2D eigenvalue weighted by atomic mass is 10.1. The van der Waals surface area contributed by atoms with Crippen LogP contribution in [0, 0.1) is 12.3 Å². The molecule has 0 saturated carbocycles. The molecule has 62 valence electrons. The van der Waals surface area contributed by atoms with E-state index < -0.39 is 0 Å². The summed E-state index contributed by atoms with van der Waals surface area (Å²) in [5.74, 6) is 3.50. The minimum atomic E-state index is 0.798. The van der Waals surface area contributed by atoms with Crippen LogP contribution in [0.15, 0.2) is 24.3 Å². The van der Waals surface area contributed by atoms with Gasteiger partial charge in [0, 0.05) is 6.42 Å². The van der Waals surface area contributed by atoms with Crippen molar-refractivity contribution in [1.82, 2.24) is 0 Å². The lowest BCUT2D eigenvalue weighted by Crippen LogP contribution is -1.85. The van der Waals surface area contributed by atoms with Crippen molar-refractivity contribution in [2.24, 2.45) is 0 Å². The van der Waals surface area contributed by atoms with Gasteiger partial charge >= 0.3 is 0 Å². The van der Waals surface area contributed by atoms with E-state index in [1.54, 1.807) is 7.11 Å². The molecule has 1 rings (SSSR count). The maximum absolute atomic E-state index is 5.16. The molecular weight excluding hydrogens is 148 g/mol. The average molecular weight is 160 g/mol. The molecule has 0 amide bonds. The Balaban J connectivity index is 2.60. The van der Waals surface area contributed by atoms with Gasteiger partial charge in [0.25, 0.3) is 0 Å². The molecule has 0 bridgehead atoms. The molecule has 0 radical (unpaired) electrons. The zero-order valence-electron chi connectivity index (χ0n) is 7.21. The topological polar surface area (TPSA) is 9.23 Å². The first-order valence-corrected chi connectivity index (χ1v) is 3.93. The number of rotatable bonds is 3. The molecule has 0 aliphatic heterocycles. The number of hydrogen-bond acceptors (Lipinski definition) is 1. The highest BCUT2D eigenvalue weighted by atomic mass is 16.5. The molecule has 1 aromatic rings. The standard InChI is InChI=1S/C11H12O/c1-3-4-5-10-6-8-11(12-2)9-7-10/h1,6-9H,4-5H2,2H3. The van der Waals surface area contributed by atoms with Gasteiger partial charge in [-0.05, 0) is 24.1 Å². The molecule has 0 atom stereocenters. The van der Waals surface area contributed by atoms with Gasteiger partial charge in [-0.3, -0.25) is 0 Å². The van der Waals surface area contributed by atoms with Crippen LogP contribution >= 0.6 is 0 Å². The van der Waals surface area contributed by atoms with E-state index in [2.05, 4.69) is 5.92 Å². The molecule has 1 heteroatoms. The first-order chi connectivity index (χ1) is 5.86. The quantitative estimate of drug-likeness (QED) is 0.616. The van der Waals surface area contributed by atoms with Gasteiger partial charge in [-0.25, -0.2) is 0 Å². The van der Waals surface area contributed by atoms with Crippen molar-refractivity contribution in [2.45, 2.75) is 12.8 Å². The van der Waals surface area contributed by atoms with Gasteiger partial charge in [-0.15, -0.1) is 12.3 Å². The molecule has 0 spiro atoms. The van der Waals surface area contributed by atoms with Crippen molar-refractivity contribution in [3.63, 3.8) is 0 Å². The number of methoxy groups -OCH3 is 1. The predicted molar refractivity (Wildman–Crippen MR) is 50.1 cm³/mol. The molecule has 0 aliphatic rings. The second-order valence-electron chi connectivity index (χ2n) is 2.55. The Kier molecular flexibility index (Phi) is 3.22. The van der Waals surface area contributed by atoms with Crippen molar-refractivity contribution in [2.75, 3.05) is 7.11 Å². The molecule has 0 N–H and O–H groups in total. The summed E-state index contributed by atoms with van der Waals surface area (Å²) >= 11 is 0.